The predicted molar refractivity (Wildman–Crippen MR) is 73.5 cm³/mol. The molecule has 0 spiro atoms. The van der Waals surface area contributed by atoms with Crippen molar-refractivity contribution in [2.75, 3.05) is 44.0 Å². The number of benzene rings is 1. The van der Waals surface area contributed by atoms with E-state index < -0.39 is 10.0 Å². The molecular weight excluding hydrogens is 270 g/mol. The molecule has 0 amide bonds. The third-order valence-corrected chi connectivity index (χ3v) is 4.07. The summed E-state index contributed by atoms with van der Waals surface area (Å²) >= 11 is 0. The highest BCUT2D eigenvalue weighted by Gasteiger charge is 2.20. The van der Waals surface area contributed by atoms with Crippen molar-refractivity contribution in [3.05, 3.63) is 18.2 Å². The van der Waals surface area contributed by atoms with Crippen molar-refractivity contribution >= 4 is 21.4 Å². The van der Waals surface area contributed by atoms with Gasteiger partial charge in [-0.25, -0.2) is 13.1 Å². The molecule has 5 N–H and O–H groups in total. The molecule has 0 fully saturated rings. The fourth-order valence-corrected chi connectivity index (χ4v) is 2.69. The van der Waals surface area contributed by atoms with Crippen LogP contribution in [0.1, 0.15) is 0 Å². The lowest BCUT2D eigenvalue weighted by atomic mass is 10.2. The van der Waals surface area contributed by atoms with Crippen LogP contribution in [0.4, 0.5) is 11.4 Å². The molecule has 0 saturated carbocycles. The van der Waals surface area contributed by atoms with Gasteiger partial charge >= 0.3 is 0 Å². The summed E-state index contributed by atoms with van der Waals surface area (Å²) in [5.74, 6) is 0. The van der Waals surface area contributed by atoms with E-state index in [1.54, 1.807) is 17.0 Å². The zero-order valence-corrected chi connectivity index (χ0v) is 11.5. The fraction of sp³-hybridized carbons (Fsp3) is 0.455. The Kier molecular flexibility index (Phi) is 5.55. The second-order valence-electron chi connectivity index (χ2n) is 3.87. The zero-order chi connectivity index (χ0) is 14.5. The van der Waals surface area contributed by atoms with Gasteiger partial charge in [-0.15, -0.1) is 0 Å². The largest absolute Gasteiger partial charge is 0.399 e. The van der Waals surface area contributed by atoms with E-state index in [-0.39, 0.29) is 31.2 Å². The molecule has 0 aliphatic heterocycles. The molecule has 0 unspecified atom stereocenters. The van der Waals surface area contributed by atoms with Crippen molar-refractivity contribution < 1.29 is 18.6 Å². The first kappa shape index (κ1) is 15.7. The van der Waals surface area contributed by atoms with Crippen molar-refractivity contribution in [3.8, 4) is 0 Å². The number of hydrogen-bond acceptors (Lipinski definition) is 6. The summed E-state index contributed by atoms with van der Waals surface area (Å²) in [6.07, 6.45) is 0. The summed E-state index contributed by atoms with van der Waals surface area (Å²) in [5.41, 5.74) is 6.34. The van der Waals surface area contributed by atoms with Crippen LogP contribution in [0.15, 0.2) is 23.1 Å². The number of anilines is 2. The van der Waals surface area contributed by atoms with Crippen LogP contribution in [0.5, 0.6) is 0 Å². The number of nitrogens with two attached hydrogens (primary N) is 1. The maximum Gasteiger partial charge on any atom is 0.242 e. The molecule has 8 heteroatoms. The van der Waals surface area contributed by atoms with Gasteiger partial charge in [-0.05, 0) is 25.2 Å². The summed E-state index contributed by atoms with van der Waals surface area (Å²) in [4.78, 5) is 1.61. The number of nitrogen functional groups attached to an aromatic ring is 1. The molecule has 0 aliphatic carbocycles. The highest BCUT2D eigenvalue weighted by Crippen LogP contribution is 2.27. The number of hydrogen-bond donors (Lipinski definition) is 4. The lowest BCUT2D eigenvalue weighted by molar-refractivity contribution is 0.281. The van der Waals surface area contributed by atoms with E-state index in [0.717, 1.165) is 0 Å². The Morgan fingerprint density at radius 3 is 2.32 bits per heavy atom. The van der Waals surface area contributed by atoms with Crippen molar-refractivity contribution in [2.45, 2.75) is 4.90 Å². The van der Waals surface area contributed by atoms with Gasteiger partial charge in [-0.3, -0.25) is 0 Å². The smallest absolute Gasteiger partial charge is 0.242 e. The van der Waals surface area contributed by atoms with Crippen LogP contribution >= 0.6 is 0 Å². The summed E-state index contributed by atoms with van der Waals surface area (Å²) in [7, 11) is -2.36. The third kappa shape index (κ3) is 3.80. The maximum absolute atomic E-state index is 12.0. The number of aliphatic hydroxyl groups excluding tert-OH is 2. The minimum atomic E-state index is -3.67. The Balaban J connectivity index is 3.33. The average molecular weight is 289 g/mol. The SMILES string of the molecule is CNS(=O)(=O)c1cc(N)ccc1N(CCO)CCO. The molecule has 0 aliphatic rings. The van der Waals surface area contributed by atoms with Crippen molar-refractivity contribution in [1.29, 1.82) is 0 Å². The van der Waals surface area contributed by atoms with E-state index in [4.69, 9.17) is 15.9 Å². The maximum atomic E-state index is 12.0. The summed E-state index contributed by atoms with van der Waals surface area (Å²) in [6, 6.07) is 4.49. The summed E-state index contributed by atoms with van der Waals surface area (Å²) < 4.78 is 26.2. The molecule has 19 heavy (non-hydrogen) atoms. The normalized spacial score (nSPS) is 11.5. The summed E-state index contributed by atoms with van der Waals surface area (Å²) in [5, 5.41) is 18.0. The Bertz CT molecular complexity index is 513. The number of nitrogens with zero attached hydrogens (tertiary/aromatic N) is 1. The Morgan fingerprint density at radius 2 is 1.84 bits per heavy atom. The number of nitrogens with one attached hydrogen (secondary N) is 1. The van der Waals surface area contributed by atoms with E-state index in [2.05, 4.69) is 4.72 Å². The quantitative estimate of drug-likeness (QED) is 0.477. The van der Waals surface area contributed by atoms with Crippen molar-refractivity contribution in [3.63, 3.8) is 0 Å². The highest BCUT2D eigenvalue weighted by atomic mass is 32.2. The third-order valence-electron chi connectivity index (χ3n) is 2.62. The Hall–Kier alpha value is -1.35. The average Bonchev–Trinajstić information content (AvgIpc) is 2.38. The lowest BCUT2D eigenvalue weighted by Gasteiger charge is -2.25. The van der Waals surface area contributed by atoms with Gasteiger partial charge in [0.05, 0.1) is 18.9 Å². The predicted octanol–water partition coefficient (Wildman–Crippen LogP) is -1.03. The first-order valence-electron chi connectivity index (χ1n) is 5.76. The molecule has 0 heterocycles. The van der Waals surface area contributed by atoms with Crippen LogP contribution in [0.3, 0.4) is 0 Å². The molecule has 0 aromatic heterocycles. The minimum Gasteiger partial charge on any atom is -0.399 e. The molecule has 1 aromatic rings. The van der Waals surface area contributed by atoms with Crippen LogP contribution in [-0.4, -0.2) is 52.0 Å². The monoisotopic (exact) mass is 289 g/mol. The molecule has 0 saturated heterocycles. The lowest BCUT2D eigenvalue weighted by Crippen LogP contribution is -2.32. The topological polar surface area (TPSA) is 116 Å². The first-order chi connectivity index (χ1) is 8.96. The van der Waals surface area contributed by atoms with Gasteiger partial charge in [-0.1, -0.05) is 0 Å². The van der Waals surface area contributed by atoms with E-state index in [1.807, 2.05) is 0 Å². The number of aliphatic hydroxyl groups is 2. The molecule has 7 nitrogen and oxygen atoms in total. The van der Waals surface area contributed by atoms with Crippen LogP contribution in [-0.2, 0) is 10.0 Å². The standard InChI is InChI=1S/C11H19N3O4S/c1-13-19(17,18)11-8-9(12)2-3-10(11)14(4-6-15)5-7-16/h2-3,8,13,15-16H,4-7,12H2,1H3. The molecular formula is C11H19N3O4S. The second kappa shape index (κ2) is 6.71. The van der Waals surface area contributed by atoms with E-state index >= 15 is 0 Å². The van der Waals surface area contributed by atoms with Gasteiger partial charge in [-0.2, -0.15) is 0 Å². The molecule has 0 bridgehead atoms. The Labute approximate surface area is 112 Å². The first-order valence-corrected chi connectivity index (χ1v) is 7.24. The van der Waals surface area contributed by atoms with Crippen LogP contribution in [0.25, 0.3) is 0 Å². The molecule has 1 rings (SSSR count). The molecule has 1 aromatic carbocycles. The van der Waals surface area contributed by atoms with E-state index in [9.17, 15) is 8.42 Å². The molecule has 0 atom stereocenters. The summed E-state index contributed by atoms with van der Waals surface area (Å²) in [6.45, 7) is 0.139. The number of sulfonamides is 1. The number of rotatable bonds is 7. The minimum absolute atomic E-state index is 0.0249. The van der Waals surface area contributed by atoms with Crippen LogP contribution in [0.2, 0.25) is 0 Å². The molecule has 108 valence electrons. The van der Waals surface area contributed by atoms with Gasteiger partial charge < -0.3 is 20.8 Å². The van der Waals surface area contributed by atoms with Gasteiger partial charge in [0.15, 0.2) is 0 Å². The Morgan fingerprint density at radius 1 is 1.26 bits per heavy atom. The van der Waals surface area contributed by atoms with E-state index in [1.165, 1.54) is 13.1 Å². The highest BCUT2D eigenvalue weighted by molar-refractivity contribution is 7.89. The van der Waals surface area contributed by atoms with Crippen molar-refractivity contribution in [1.82, 2.24) is 4.72 Å². The fourth-order valence-electron chi connectivity index (χ4n) is 1.71. The van der Waals surface area contributed by atoms with Gasteiger partial charge in [0, 0.05) is 18.8 Å². The van der Waals surface area contributed by atoms with E-state index in [0.29, 0.717) is 11.4 Å². The van der Waals surface area contributed by atoms with Crippen LogP contribution in [0, 0.1) is 0 Å². The van der Waals surface area contributed by atoms with Gasteiger partial charge in [0.1, 0.15) is 4.90 Å². The van der Waals surface area contributed by atoms with Crippen molar-refractivity contribution in [2.24, 2.45) is 0 Å². The zero-order valence-electron chi connectivity index (χ0n) is 10.7. The second-order valence-corrected chi connectivity index (χ2v) is 5.72. The van der Waals surface area contributed by atoms with Gasteiger partial charge in [0.2, 0.25) is 10.0 Å². The molecule has 0 radical (unpaired) electrons. The van der Waals surface area contributed by atoms with Gasteiger partial charge in [0.25, 0.3) is 0 Å². The van der Waals surface area contributed by atoms with Crippen LogP contribution < -0.4 is 15.4 Å².